The number of halogens is 2. The van der Waals surface area contributed by atoms with Crippen LogP contribution in [0.4, 0.5) is 4.39 Å². The summed E-state index contributed by atoms with van der Waals surface area (Å²) in [6.07, 6.45) is 3.43. The Hall–Kier alpha value is -0.600. The molecule has 1 N–H and O–H groups in total. The molecule has 1 nitrogen and oxygen atoms in total. The molecule has 2 atom stereocenters. The Bertz CT molecular complexity index is 377. The van der Waals surface area contributed by atoms with E-state index in [0.717, 1.165) is 18.4 Å². The Kier molecular flexibility index (Phi) is 2.45. The zero-order valence-electron chi connectivity index (χ0n) is 9.05. The molecule has 2 aliphatic heterocycles. The molecular weight excluding hydrogens is 225 g/mol. The first-order valence-electron chi connectivity index (χ1n) is 5.87. The van der Waals surface area contributed by atoms with E-state index in [1.165, 1.54) is 0 Å². The maximum atomic E-state index is 14.9. The van der Waals surface area contributed by atoms with Crippen molar-refractivity contribution in [2.24, 2.45) is 0 Å². The zero-order chi connectivity index (χ0) is 11.2. The highest BCUT2D eigenvalue weighted by atomic mass is 35.5. The van der Waals surface area contributed by atoms with Gasteiger partial charge in [0.05, 0.1) is 0 Å². The van der Waals surface area contributed by atoms with Crippen molar-refractivity contribution in [3.05, 3.63) is 34.9 Å². The van der Waals surface area contributed by atoms with Crippen LogP contribution in [0, 0.1) is 0 Å². The fourth-order valence-electron chi connectivity index (χ4n) is 3.07. The fourth-order valence-corrected chi connectivity index (χ4v) is 3.20. The van der Waals surface area contributed by atoms with Crippen molar-refractivity contribution in [3.63, 3.8) is 0 Å². The molecule has 2 aliphatic rings. The number of hydrogen-bond acceptors (Lipinski definition) is 1. The van der Waals surface area contributed by atoms with Gasteiger partial charge in [-0.15, -0.1) is 0 Å². The minimum Gasteiger partial charge on any atom is -0.311 e. The molecule has 3 rings (SSSR count). The van der Waals surface area contributed by atoms with E-state index in [1.54, 1.807) is 12.1 Å². The molecule has 0 unspecified atom stereocenters. The molecule has 1 aromatic rings. The van der Waals surface area contributed by atoms with Gasteiger partial charge in [-0.2, -0.15) is 0 Å². The van der Waals surface area contributed by atoms with Crippen LogP contribution in [0.2, 0.25) is 5.02 Å². The molecule has 16 heavy (non-hydrogen) atoms. The maximum absolute atomic E-state index is 14.9. The second-order valence-electron chi connectivity index (χ2n) is 5.02. The van der Waals surface area contributed by atoms with Crippen LogP contribution in [0.25, 0.3) is 0 Å². The number of benzene rings is 1. The van der Waals surface area contributed by atoms with Gasteiger partial charge in [0, 0.05) is 29.9 Å². The average Bonchev–Trinajstić information content (AvgIpc) is 2.59. The summed E-state index contributed by atoms with van der Waals surface area (Å²) in [5, 5.41) is 4.13. The van der Waals surface area contributed by atoms with E-state index in [2.05, 4.69) is 5.32 Å². The lowest BCUT2D eigenvalue weighted by atomic mass is 9.83. The second kappa shape index (κ2) is 3.71. The molecule has 2 bridgehead atoms. The Balaban J connectivity index is 1.90. The monoisotopic (exact) mass is 239 g/mol. The summed E-state index contributed by atoms with van der Waals surface area (Å²) >= 11 is 5.83. The number of alkyl halides is 1. The van der Waals surface area contributed by atoms with E-state index in [4.69, 9.17) is 11.6 Å². The van der Waals surface area contributed by atoms with Crippen molar-refractivity contribution >= 4 is 11.6 Å². The number of piperidine rings is 1. The third kappa shape index (κ3) is 1.74. The topological polar surface area (TPSA) is 12.0 Å². The molecule has 86 valence electrons. The summed E-state index contributed by atoms with van der Waals surface area (Å²) in [6, 6.07) is 7.93. The highest BCUT2D eigenvalue weighted by molar-refractivity contribution is 6.30. The van der Waals surface area contributed by atoms with Gasteiger partial charge < -0.3 is 5.32 Å². The van der Waals surface area contributed by atoms with Gasteiger partial charge in [-0.25, -0.2) is 4.39 Å². The molecule has 1 aromatic carbocycles. The van der Waals surface area contributed by atoms with Crippen molar-refractivity contribution in [1.29, 1.82) is 0 Å². The predicted molar refractivity (Wildman–Crippen MR) is 63.4 cm³/mol. The molecule has 0 aliphatic carbocycles. The first kappa shape index (κ1) is 10.5. The lowest BCUT2D eigenvalue weighted by molar-refractivity contribution is 0.0874. The van der Waals surface area contributed by atoms with Crippen LogP contribution in [0.5, 0.6) is 0 Å². The van der Waals surface area contributed by atoms with Crippen LogP contribution in [0.1, 0.15) is 31.2 Å². The Labute approximate surface area is 100.0 Å². The van der Waals surface area contributed by atoms with Crippen molar-refractivity contribution < 1.29 is 4.39 Å². The summed E-state index contributed by atoms with van der Waals surface area (Å²) in [4.78, 5) is 0. The molecule has 2 fully saturated rings. The first-order chi connectivity index (χ1) is 7.66. The number of hydrogen-bond donors (Lipinski definition) is 1. The van der Waals surface area contributed by atoms with E-state index >= 15 is 0 Å². The van der Waals surface area contributed by atoms with Crippen LogP contribution in [-0.4, -0.2) is 12.1 Å². The van der Waals surface area contributed by atoms with Gasteiger partial charge in [0.1, 0.15) is 5.67 Å². The van der Waals surface area contributed by atoms with E-state index in [9.17, 15) is 4.39 Å². The molecule has 0 aromatic heterocycles. The summed E-state index contributed by atoms with van der Waals surface area (Å²) in [7, 11) is 0. The Morgan fingerprint density at radius 2 is 1.69 bits per heavy atom. The molecule has 2 saturated heterocycles. The van der Waals surface area contributed by atoms with Gasteiger partial charge in [-0.1, -0.05) is 23.7 Å². The largest absolute Gasteiger partial charge is 0.311 e. The smallest absolute Gasteiger partial charge is 0.139 e. The summed E-state index contributed by atoms with van der Waals surface area (Å²) in [5.41, 5.74) is -0.364. The maximum Gasteiger partial charge on any atom is 0.139 e. The third-order valence-corrected chi connectivity index (χ3v) is 4.09. The van der Waals surface area contributed by atoms with Gasteiger partial charge in [-0.05, 0) is 30.5 Å². The van der Waals surface area contributed by atoms with Gasteiger partial charge in [0.2, 0.25) is 0 Å². The number of nitrogens with one attached hydrogen (secondary N) is 1. The van der Waals surface area contributed by atoms with Crippen molar-refractivity contribution in [2.45, 2.75) is 43.4 Å². The predicted octanol–water partition coefficient (Wildman–Crippen LogP) is 3.42. The Morgan fingerprint density at radius 1 is 1.12 bits per heavy atom. The molecule has 2 heterocycles. The van der Waals surface area contributed by atoms with E-state index in [0.29, 0.717) is 29.9 Å². The molecule has 0 spiro atoms. The zero-order valence-corrected chi connectivity index (χ0v) is 9.80. The van der Waals surface area contributed by atoms with Crippen LogP contribution in [-0.2, 0) is 5.67 Å². The van der Waals surface area contributed by atoms with E-state index < -0.39 is 5.67 Å². The van der Waals surface area contributed by atoms with Crippen molar-refractivity contribution in [1.82, 2.24) is 5.32 Å². The SMILES string of the molecule is FC1(c2ccc(Cl)cc2)C[C@@H]2CC[C@@H](C1)N2. The van der Waals surface area contributed by atoms with Crippen molar-refractivity contribution in [3.8, 4) is 0 Å². The molecule has 0 radical (unpaired) electrons. The van der Waals surface area contributed by atoms with Gasteiger partial charge in [0.25, 0.3) is 0 Å². The molecule has 0 saturated carbocycles. The fraction of sp³-hybridized carbons (Fsp3) is 0.538. The number of fused-ring (bicyclic) bond motifs is 2. The van der Waals surface area contributed by atoms with Gasteiger partial charge in [0.15, 0.2) is 0 Å². The van der Waals surface area contributed by atoms with Crippen LogP contribution >= 0.6 is 11.6 Å². The minimum absolute atomic E-state index is 0.361. The van der Waals surface area contributed by atoms with Gasteiger partial charge in [-0.3, -0.25) is 0 Å². The van der Waals surface area contributed by atoms with E-state index in [-0.39, 0.29) is 0 Å². The summed E-state index contributed by atoms with van der Waals surface area (Å²) in [6.45, 7) is 0. The first-order valence-corrected chi connectivity index (χ1v) is 6.24. The molecule has 3 heteroatoms. The standard InChI is InChI=1S/C13H15ClFN/c14-10-3-1-9(2-4-10)13(15)7-11-5-6-12(8-13)16-11/h1-4,11-12,16H,5-8H2/t11-,12-/m0/s1. The average molecular weight is 240 g/mol. The molecular formula is C13H15ClFN. The van der Waals surface area contributed by atoms with Crippen LogP contribution in [0.3, 0.4) is 0 Å². The number of rotatable bonds is 1. The second-order valence-corrected chi connectivity index (χ2v) is 5.45. The normalized spacial score (nSPS) is 37.6. The lowest BCUT2D eigenvalue weighted by Gasteiger charge is -2.35. The van der Waals surface area contributed by atoms with Crippen LogP contribution in [0.15, 0.2) is 24.3 Å². The highest BCUT2D eigenvalue weighted by Gasteiger charge is 2.44. The molecule has 0 amide bonds. The Morgan fingerprint density at radius 3 is 2.25 bits per heavy atom. The summed E-state index contributed by atoms with van der Waals surface area (Å²) in [5.74, 6) is 0. The van der Waals surface area contributed by atoms with E-state index in [1.807, 2.05) is 12.1 Å². The minimum atomic E-state index is -1.15. The lowest BCUT2D eigenvalue weighted by Crippen LogP contribution is -2.44. The van der Waals surface area contributed by atoms with Gasteiger partial charge >= 0.3 is 0 Å². The third-order valence-electron chi connectivity index (χ3n) is 3.84. The highest BCUT2D eigenvalue weighted by Crippen LogP contribution is 2.43. The summed E-state index contributed by atoms with van der Waals surface area (Å²) < 4.78 is 14.9. The van der Waals surface area contributed by atoms with Crippen molar-refractivity contribution in [2.75, 3.05) is 0 Å². The van der Waals surface area contributed by atoms with Crippen LogP contribution < -0.4 is 5.32 Å². The quantitative estimate of drug-likeness (QED) is 0.792.